The lowest BCUT2D eigenvalue weighted by Gasteiger charge is -2.19. The van der Waals surface area contributed by atoms with Crippen LogP contribution in [0.5, 0.6) is 0 Å². The molecule has 0 fully saturated rings. The quantitative estimate of drug-likeness (QED) is 0.433. The topological polar surface area (TPSA) is 88.3 Å². The van der Waals surface area contributed by atoms with Crippen LogP contribution in [0.2, 0.25) is 5.15 Å². The van der Waals surface area contributed by atoms with Crippen LogP contribution in [0.4, 0.5) is 5.69 Å². The van der Waals surface area contributed by atoms with Crippen LogP contribution in [0, 0.1) is 10.1 Å². The minimum atomic E-state index is -0.666. The van der Waals surface area contributed by atoms with Crippen molar-refractivity contribution in [3.8, 4) is 0 Å². The number of nitrogens with zero attached hydrogens (tertiary/aromatic N) is 2. The van der Waals surface area contributed by atoms with Gasteiger partial charge in [0.2, 0.25) is 0 Å². The Kier molecular flexibility index (Phi) is 6.66. The molecule has 0 aliphatic rings. The average Bonchev–Trinajstić information content (AvgIpc) is 2.59. The number of hydrogen-bond donors (Lipinski definition) is 2. The van der Waals surface area contributed by atoms with Crippen LogP contribution in [0.25, 0.3) is 0 Å². The highest BCUT2D eigenvalue weighted by molar-refractivity contribution is 6.29. The number of nitro benzene ring substituents is 1. The predicted molar refractivity (Wildman–Crippen MR) is 93.1 cm³/mol. The van der Waals surface area contributed by atoms with Crippen LogP contribution >= 0.6 is 11.6 Å². The molecule has 1 heterocycles. The van der Waals surface area contributed by atoms with E-state index in [1.807, 2.05) is 0 Å². The molecule has 0 radical (unpaired) electrons. The highest BCUT2D eigenvalue weighted by atomic mass is 35.5. The van der Waals surface area contributed by atoms with Crippen LogP contribution in [-0.4, -0.2) is 27.6 Å². The summed E-state index contributed by atoms with van der Waals surface area (Å²) in [6.07, 6.45) is 2.51. The van der Waals surface area contributed by atoms with Gasteiger partial charge in [0.15, 0.2) is 0 Å². The number of non-ortho nitro benzene ring substituents is 1. The molecule has 0 saturated heterocycles. The Balaban J connectivity index is 1.89. The van der Waals surface area contributed by atoms with E-state index in [1.54, 1.807) is 30.5 Å². The second-order valence-electron chi connectivity index (χ2n) is 5.57. The highest BCUT2D eigenvalue weighted by Gasteiger charge is 2.13. The fraction of sp³-hybridized carbons (Fsp3) is 0.353. The van der Waals surface area contributed by atoms with E-state index in [4.69, 9.17) is 11.6 Å². The SMILES string of the molecule is CC[C@H](Cc1ccc([N+](=O)[O-])cc1)NC[C@H](O)c1ccc(Cl)nc1. The van der Waals surface area contributed by atoms with Crippen molar-refractivity contribution in [3.63, 3.8) is 0 Å². The van der Waals surface area contributed by atoms with Gasteiger partial charge in [0.05, 0.1) is 11.0 Å². The number of nitro groups is 1. The summed E-state index contributed by atoms with van der Waals surface area (Å²) < 4.78 is 0. The van der Waals surface area contributed by atoms with E-state index in [9.17, 15) is 15.2 Å². The van der Waals surface area contributed by atoms with Gasteiger partial charge in [-0.2, -0.15) is 0 Å². The maximum absolute atomic E-state index is 10.7. The van der Waals surface area contributed by atoms with Crippen LogP contribution in [0.3, 0.4) is 0 Å². The molecule has 0 spiro atoms. The van der Waals surface area contributed by atoms with Crippen molar-refractivity contribution in [3.05, 3.63) is 69.0 Å². The predicted octanol–water partition coefficient (Wildman–Crippen LogP) is 3.29. The van der Waals surface area contributed by atoms with Crippen molar-refractivity contribution in [2.45, 2.75) is 31.9 Å². The van der Waals surface area contributed by atoms with Crippen molar-refractivity contribution in [2.24, 2.45) is 0 Å². The van der Waals surface area contributed by atoms with E-state index in [-0.39, 0.29) is 11.7 Å². The maximum Gasteiger partial charge on any atom is 0.269 e. The summed E-state index contributed by atoms with van der Waals surface area (Å²) in [5, 5.41) is 24.6. The monoisotopic (exact) mass is 349 g/mol. The first kappa shape index (κ1) is 18.3. The molecule has 0 aliphatic heterocycles. The van der Waals surface area contributed by atoms with Gasteiger partial charge in [0.25, 0.3) is 5.69 Å². The van der Waals surface area contributed by atoms with Gasteiger partial charge < -0.3 is 10.4 Å². The lowest BCUT2D eigenvalue weighted by Crippen LogP contribution is -2.34. The number of pyridine rings is 1. The van der Waals surface area contributed by atoms with E-state index in [1.165, 1.54) is 12.1 Å². The van der Waals surface area contributed by atoms with Gasteiger partial charge in [-0.3, -0.25) is 10.1 Å². The van der Waals surface area contributed by atoms with E-state index >= 15 is 0 Å². The molecule has 0 unspecified atom stereocenters. The molecular formula is C17H20ClN3O3. The number of benzene rings is 1. The van der Waals surface area contributed by atoms with Crippen LogP contribution < -0.4 is 5.32 Å². The average molecular weight is 350 g/mol. The number of aliphatic hydroxyl groups excluding tert-OH is 1. The standard InChI is InChI=1S/C17H20ClN3O3/c1-2-14(9-12-3-6-15(7-4-12)21(23)24)19-11-16(22)13-5-8-17(18)20-10-13/h3-8,10,14,16,19,22H,2,9,11H2,1H3/t14-,16+/m1/s1. The molecule has 128 valence electrons. The Labute approximate surface area is 145 Å². The third-order valence-electron chi connectivity index (χ3n) is 3.86. The Morgan fingerprint density at radius 2 is 2.00 bits per heavy atom. The summed E-state index contributed by atoms with van der Waals surface area (Å²) in [6.45, 7) is 2.45. The molecule has 2 N–H and O–H groups in total. The lowest BCUT2D eigenvalue weighted by atomic mass is 10.0. The third kappa shape index (κ3) is 5.26. The first-order chi connectivity index (χ1) is 11.5. The third-order valence-corrected chi connectivity index (χ3v) is 4.08. The smallest absolute Gasteiger partial charge is 0.269 e. The largest absolute Gasteiger partial charge is 0.387 e. The van der Waals surface area contributed by atoms with Crippen LogP contribution in [-0.2, 0) is 6.42 Å². The van der Waals surface area contributed by atoms with Gasteiger partial charge in [-0.25, -0.2) is 4.98 Å². The van der Waals surface area contributed by atoms with Gasteiger partial charge in [-0.1, -0.05) is 36.7 Å². The zero-order valence-electron chi connectivity index (χ0n) is 13.4. The van der Waals surface area contributed by atoms with Crippen molar-refractivity contribution in [1.82, 2.24) is 10.3 Å². The molecular weight excluding hydrogens is 330 g/mol. The van der Waals surface area contributed by atoms with Gasteiger partial charge in [0.1, 0.15) is 5.15 Å². The number of hydrogen-bond acceptors (Lipinski definition) is 5. The number of halogens is 1. The summed E-state index contributed by atoms with van der Waals surface area (Å²) >= 11 is 5.74. The van der Waals surface area contributed by atoms with E-state index in [0.717, 1.165) is 18.4 Å². The number of rotatable bonds is 8. The minimum Gasteiger partial charge on any atom is -0.387 e. The summed E-state index contributed by atoms with van der Waals surface area (Å²) in [4.78, 5) is 14.2. The zero-order chi connectivity index (χ0) is 17.5. The van der Waals surface area contributed by atoms with Crippen molar-refractivity contribution in [1.29, 1.82) is 0 Å². The van der Waals surface area contributed by atoms with E-state index in [0.29, 0.717) is 17.3 Å². The van der Waals surface area contributed by atoms with Gasteiger partial charge in [0, 0.05) is 36.5 Å². The Morgan fingerprint density at radius 3 is 2.54 bits per heavy atom. The van der Waals surface area contributed by atoms with E-state index in [2.05, 4.69) is 17.2 Å². The van der Waals surface area contributed by atoms with Gasteiger partial charge in [-0.05, 0) is 24.5 Å². The van der Waals surface area contributed by atoms with Crippen molar-refractivity contribution in [2.75, 3.05) is 6.54 Å². The fourth-order valence-electron chi connectivity index (χ4n) is 2.38. The molecule has 0 amide bonds. The molecule has 6 nitrogen and oxygen atoms in total. The highest BCUT2D eigenvalue weighted by Crippen LogP contribution is 2.16. The number of nitrogens with one attached hydrogen (secondary N) is 1. The Bertz CT molecular complexity index is 662. The molecule has 2 rings (SSSR count). The molecule has 2 atom stereocenters. The maximum atomic E-state index is 10.7. The first-order valence-corrected chi connectivity index (χ1v) is 8.13. The number of aromatic nitrogens is 1. The summed E-state index contributed by atoms with van der Waals surface area (Å²) in [5.74, 6) is 0. The Hall–Kier alpha value is -2.02. The molecule has 1 aromatic carbocycles. The van der Waals surface area contributed by atoms with Crippen molar-refractivity contribution < 1.29 is 10.0 Å². The fourth-order valence-corrected chi connectivity index (χ4v) is 2.49. The molecule has 7 heteroatoms. The second-order valence-corrected chi connectivity index (χ2v) is 5.96. The molecule has 1 aromatic heterocycles. The molecule has 0 saturated carbocycles. The second kappa shape index (κ2) is 8.73. The zero-order valence-corrected chi connectivity index (χ0v) is 14.1. The lowest BCUT2D eigenvalue weighted by molar-refractivity contribution is -0.384. The Morgan fingerprint density at radius 1 is 1.29 bits per heavy atom. The minimum absolute atomic E-state index is 0.0884. The summed E-state index contributed by atoms with van der Waals surface area (Å²) in [7, 11) is 0. The first-order valence-electron chi connectivity index (χ1n) is 7.75. The molecule has 2 aromatic rings. The van der Waals surface area contributed by atoms with E-state index < -0.39 is 11.0 Å². The summed E-state index contributed by atoms with van der Waals surface area (Å²) in [5.41, 5.74) is 1.81. The summed E-state index contributed by atoms with van der Waals surface area (Å²) in [6, 6.07) is 10.1. The normalized spacial score (nSPS) is 13.5. The molecule has 0 aliphatic carbocycles. The van der Waals surface area contributed by atoms with Crippen molar-refractivity contribution >= 4 is 17.3 Å². The number of aliphatic hydroxyl groups is 1. The van der Waals surface area contributed by atoms with Crippen LogP contribution in [0.15, 0.2) is 42.6 Å². The molecule has 24 heavy (non-hydrogen) atoms. The van der Waals surface area contributed by atoms with Gasteiger partial charge in [-0.15, -0.1) is 0 Å². The molecule has 0 bridgehead atoms. The van der Waals surface area contributed by atoms with Crippen LogP contribution in [0.1, 0.15) is 30.6 Å². The van der Waals surface area contributed by atoms with Gasteiger partial charge >= 0.3 is 0 Å².